The summed E-state index contributed by atoms with van der Waals surface area (Å²) in [5.41, 5.74) is 0. The first kappa shape index (κ1) is 12.3. The topological polar surface area (TPSA) is 42.5 Å². The van der Waals surface area contributed by atoms with Crippen molar-refractivity contribution in [1.82, 2.24) is 10.6 Å². The van der Waals surface area contributed by atoms with Gasteiger partial charge in [-0.1, -0.05) is 0 Å². The van der Waals surface area contributed by atoms with Crippen molar-refractivity contribution in [2.75, 3.05) is 33.4 Å². The second kappa shape index (κ2) is 5.96. The van der Waals surface area contributed by atoms with Crippen LogP contribution in [0.2, 0.25) is 0 Å². The highest BCUT2D eigenvalue weighted by molar-refractivity contribution is 4.89. The minimum absolute atomic E-state index is 0.502. The SMILES string of the molecule is CCOC1CC(NCC2COCC2NC)C1. The largest absolute Gasteiger partial charge is 0.379 e. The molecule has 0 bridgehead atoms. The molecule has 0 radical (unpaired) electrons. The van der Waals surface area contributed by atoms with Crippen molar-refractivity contribution < 1.29 is 9.47 Å². The summed E-state index contributed by atoms with van der Waals surface area (Å²) in [6.45, 7) is 5.72. The van der Waals surface area contributed by atoms with Gasteiger partial charge < -0.3 is 20.1 Å². The number of hydrogen-bond acceptors (Lipinski definition) is 4. The van der Waals surface area contributed by atoms with Gasteiger partial charge >= 0.3 is 0 Å². The van der Waals surface area contributed by atoms with Crippen molar-refractivity contribution in [2.45, 2.75) is 38.0 Å². The van der Waals surface area contributed by atoms with Crippen molar-refractivity contribution in [3.63, 3.8) is 0 Å². The van der Waals surface area contributed by atoms with Crippen molar-refractivity contribution >= 4 is 0 Å². The summed E-state index contributed by atoms with van der Waals surface area (Å²) in [5, 5.41) is 6.93. The number of likely N-dealkylation sites (N-methyl/N-ethyl adjacent to an activating group) is 1. The van der Waals surface area contributed by atoms with E-state index in [4.69, 9.17) is 9.47 Å². The molecule has 0 aromatic heterocycles. The van der Waals surface area contributed by atoms with Gasteiger partial charge in [0.1, 0.15) is 0 Å². The van der Waals surface area contributed by atoms with Gasteiger partial charge in [-0.05, 0) is 26.8 Å². The second-order valence-electron chi connectivity index (χ2n) is 4.85. The molecule has 2 atom stereocenters. The Labute approximate surface area is 98.1 Å². The van der Waals surface area contributed by atoms with Gasteiger partial charge in [-0.25, -0.2) is 0 Å². The number of hydrogen-bond donors (Lipinski definition) is 2. The van der Waals surface area contributed by atoms with Crippen molar-refractivity contribution in [2.24, 2.45) is 5.92 Å². The summed E-state index contributed by atoms with van der Waals surface area (Å²) in [6.07, 6.45) is 2.85. The average molecular weight is 228 g/mol. The molecule has 1 aliphatic carbocycles. The average Bonchev–Trinajstić information content (AvgIpc) is 2.68. The molecule has 0 amide bonds. The molecule has 16 heavy (non-hydrogen) atoms. The Morgan fingerprint density at radius 2 is 2.12 bits per heavy atom. The normalized spacial score (nSPS) is 38.6. The summed E-state index contributed by atoms with van der Waals surface area (Å²) in [7, 11) is 2.01. The maximum atomic E-state index is 5.55. The third-order valence-electron chi connectivity index (χ3n) is 3.74. The van der Waals surface area contributed by atoms with E-state index < -0.39 is 0 Å². The molecule has 0 aromatic rings. The molecule has 1 heterocycles. The Balaban J connectivity index is 1.58. The monoisotopic (exact) mass is 228 g/mol. The number of ether oxygens (including phenoxy) is 2. The fraction of sp³-hybridized carbons (Fsp3) is 1.00. The molecule has 94 valence electrons. The first-order chi connectivity index (χ1) is 7.83. The molecule has 4 heteroatoms. The highest BCUT2D eigenvalue weighted by atomic mass is 16.5. The molecule has 2 N–H and O–H groups in total. The summed E-state index contributed by atoms with van der Waals surface area (Å²) < 4.78 is 11.0. The van der Waals surface area contributed by atoms with E-state index in [9.17, 15) is 0 Å². The summed E-state index contributed by atoms with van der Waals surface area (Å²) in [5.74, 6) is 0.621. The lowest BCUT2D eigenvalue weighted by Gasteiger charge is -2.36. The number of rotatable bonds is 6. The Hall–Kier alpha value is -0.160. The molecule has 2 aliphatic rings. The molecule has 0 spiro atoms. The van der Waals surface area contributed by atoms with Gasteiger partial charge in [0.15, 0.2) is 0 Å². The zero-order valence-corrected chi connectivity index (χ0v) is 10.4. The van der Waals surface area contributed by atoms with Gasteiger partial charge in [0.25, 0.3) is 0 Å². The van der Waals surface area contributed by atoms with E-state index in [-0.39, 0.29) is 0 Å². The van der Waals surface area contributed by atoms with Gasteiger partial charge in [0.05, 0.1) is 19.3 Å². The van der Waals surface area contributed by atoms with Crippen LogP contribution in [0.25, 0.3) is 0 Å². The van der Waals surface area contributed by atoms with Crippen LogP contribution in [0.1, 0.15) is 19.8 Å². The smallest absolute Gasteiger partial charge is 0.0623 e. The Bertz CT molecular complexity index is 207. The van der Waals surface area contributed by atoms with E-state index >= 15 is 0 Å². The van der Waals surface area contributed by atoms with Gasteiger partial charge in [-0.15, -0.1) is 0 Å². The first-order valence-corrected chi connectivity index (χ1v) is 6.43. The Morgan fingerprint density at radius 3 is 2.81 bits per heavy atom. The lowest BCUT2D eigenvalue weighted by atomic mass is 9.88. The van der Waals surface area contributed by atoms with E-state index in [1.165, 1.54) is 12.8 Å². The molecule has 2 rings (SSSR count). The van der Waals surface area contributed by atoms with Crippen molar-refractivity contribution in [1.29, 1.82) is 0 Å². The Morgan fingerprint density at radius 1 is 1.31 bits per heavy atom. The number of nitrogens with one attached hydrogen (secondary N) is 2. The molecule has 2 fully saturated rings. The summed E-state index contributed by atoms with van der Waals surface area (Å²) in [4.78, 5) is 0. The quantitative estimate of drug-likeness (QED) is 0.689. The first-order valence-electron chi connectivity index (χ1n) is 6.43. The van der Waals surface area contributed by atoms with Crippen molar-refractivity contribution in [3.8, 4) is 0 Å². The summed E-state index contributed by atoms with van der Waals surface area (Å²) >= 11 is 0. The van der Waals surface area contributed by atoms with Gasteiger partial charge in [0, 0.05) is 31.2 Å². The fourth-order valence-corrected chi connectivity index (χ4v) is 2.54. The third kappa shape index (κ3) is 2.94. The van der Waals surface area contributed by atoms with Crippen LogP contribution in [0.3, 0.4) is 0 Å². The van der Waals surface area contributed by atoms with Gasteiger partial charge in [-0.2, -0.15) is 0 Å². The molecule has 0 aromatic carbocycles. The molecule has 1 saturated heterocycles. The van der Waals surface area contributed by atoms with E-state index in [0.29, 0.717) is 24.1 Å². The lowest BCUT2D eigenvalue weighted by molar-refractivity contribution is -0.0107. The van der Waals surface area contributed by atoms with Crippen molar-refractivity contribution in [3.05, 3.63) is 0 Å². The fourth-order valence-electron chi connectivity index (χ4n) is 2.54. The van der Waals surface area contributed by atoms with Crippen LogP contribution >= 0.6 is 0 Å². The van der Waals surface area contributed by atoms with E-state index in [0.717, 1.165) is 26.4 Å². The zero-order chi connectivity index (χ0) is 11.4. The molecule has 2 unspecified atom stereocenters. The maximum absolute atomic E-state index is 5.55. The van der Waals surface area contributed by atoms with Gasteiger partial charge in [0.2, 0.25) is 0 Å². The maximum Gasteiger partial charge on any atom is 0.0623 e. The van der Waals surface area contributed by atoms with Crippen LogP contribution in [0.15, 0.2) is 0 Å². The van der Waals surface area contributed by atoms with E-state index in [2.05, 4.69) is 17.6 Å². The molecular formula is C12H24N2O2. The van der Waals surface area contributed by atoms with Crippen LogP contribution in [-0.4, -0.2) is 51.6 Å². The minimum atomic E-state index is 0.502. The molecule has 1 saturated carbocycles. The predicted molar refractivity (Wildman–Crippen MR) is 63.6 cm³/mol. The van der Waals surface area contributed by atoms with E-state index in [1.54, 1.807) is 0 Å². The minimum Gasteiger partial charge on any atom is -0.379 e. The molecule has 1 aliphatic heterocycles. The zero-order valence-electron chi connectivity index (χ0n) is 10.4. The lowest BCUT2D eigenvalue weighted by Crippen LogP contribution is -2.49. The van der Waals surface area contributed by atoms with Crippen LogP contribution in [0.5, 0.6) is 0 Å². The summed E-state index contributed by atoms with van der Waals surface area (Å²) in [6, 6.07) is 1.19. The van der Waals surface area contributed by atoms with E-state index in [1.807, 2.05) is 7.05 Å². The van der Waals surface area contributed by atoms with Crippen LogP contribution in [0, 0.1) is 5.92 Å². The van der Waals surface area contributed by atoms with Crippen LogP contribution < -0.4 is 10.6 Å². The van der Waals surface area contributed by atoms with Gasteiger partial charge in [-0.3, -0.25) is 0 Å². The Kier molecular flexibility index (Phi) is 4.58. The predicted octanol–water partition coefficient (Wildman–Crippen LogP) is 0.378. The standard InChI is InChI=1S/C12H24N2O2/c1-3-16-11-4-10(5-11)14-6-9-7-15-8-12(9)13-2/h9-14H,3-8H2,1-2H3. The molecular weight excluding hydrogens is 204 g/mol. The van der Waals surface area contributed by atoms with Crippen LogP contribution in [-0.2, 0) is 9.47 Å². The highest BCUT2D eigenvalue weighted by Gasteiger charge is 2.32. The highest BCUT2D eigenvalue weighted by Crippen LogP contribution is 2.23. The molecule has 4 nitrogen and oxygen atoms in total. The second-order valence-corrected chi connectivity index (χ2v) is 4.85. The van der Waals surface area contributed by atoms with Crippen LogP contribution in [0.4, 0.5) is 0 Å². The third-order valence-corrected chi connectivity index (χ3v) is 3.74.